The van der Waals surface area contributed by atoms with Gasteiger partial charge in [0.25, 0.3) is 5.91 Å². The number of benzene rings is 1. The molecule has 2 aliphatic heterocycles. The molecular weight excluding hydrogens is 446 g/mol. The van der Waals surface area contributed by atoms with E-state index in [2.05, 4.69) is 27.8 Å². The predicted molar refractivity (Wildman–Crippen MR) is 134 cm³/mol. The summed E-state index contributed by atoms with van der Waals surface area (Å²) < 4.78 is 0. The maximum atomic E-state index is 13.5. The lowest BCUT2D eigenvalue weighted by molar-refractivity contribution is -0.144. The molecule has 0 bridgehead atoms. The average molecular weight is 484 g/mol. The molecule has 2 aliphatic rings. The Morgan fingerprint density at radius 3 is 2.60 bits per heavy atom. The Morgan fingerprint density at radius 1 is 1.14 bits per heavy atom. The minimum Gasteiger partial charge on any atom is -0.350 e. The Morgan fingerprint density at radius 2 is 1.89 bits per heavy atom. The van der Waals surface area contributed by atoms with E-state index in [1.54, 1.807) is 37.9 Å². The number of hydrogen-bond acceptors (Lipinski definition) is 5. The van der Waals surface area contributed by atoms with Crippen LogP contribution < -0.4 is 21.3 Å². The van der Waals surface area contributed by atoms with Crippen LogP contribution in [0, 0.1) is 0 Å². The van der Waals surface area contributed by atoms with Crippen LogP contribution in [0.5, 0.6) is 0 Å². The van der Waals surface area contributed by atoms with Crippen molar-refractivity contribution in [2.45, 2.75) is 83.1 Å². The van der Waals surface area contributed by atoms with Crippen LogP contribution >= 0.6 is 0 Å². The van der Waals surface area contributed by atoms with Gasteiger partial charge >= 0.3 is 0 Å². The molecule has 4 N–H and O–H groups in total. The molecule has 0 aromatic heterocycles. The van der Waals surface area contributed by atoms with Crippen molar-refractivity contribution in [2.24, 2.45) is 0 Å². The first-order chi connectivity index (χ1) is 16.7. The number of fused-ring (bicyclic) bond motifs is 1. The Labute approximate surface area is 207 Å². The molecule has 9 heteroatoms. The average Bonchev–Trinajstić information content (AvgIpc) is 3.25. The highest BCUT2D eigenvalue weighted by Crippen LogP contribution is 2.31. The molecule has 9 nitrogen and oxygen atoms in total. The van der Waals surface area contributed by atoms with Crippen LogP contribution in [0.3, 0.4) is 0 Å². The number of carbonyl (C=O) groups is 4. The fourth-order valence-corrected chi connectivity index (χ4v) is 4.65. The molecule has 2 heterocycles. The third-order valence-electron chi connectivity index (χ3n) is 6.82. The second-order valence-corrected chi connectivity index (χ2v) is 9.50. The third-order valence-corrected chi connectivity index (χ3v) is 6.82. The summed E-state index contributed by atoms with van der Waals surface area (Å²) in [5.41, 5.74) is 1.86. The number of rotatable bonds is 8. The van der Waals surface area contributed by atoms with Gasteiger partial charge in [0.05, 0.1) is 6.04 Å². The molecule has 35 heavy (non-hydrogen) atoms. The van der Waals surface area contributed by atoms with Crippen molar-refractivity contribution < 1.29 is 19.2 Å². The van der Waals surface area contributed by atoms with Crippen LogP contribution in [0.1, 0.15) is 57.9 Å². The second kappa shape index (κ2) is 12.0. The van der Waals surface area contributed by atoms with Crippen LogP contribution in [-0.4, -0.2) is 59.7 Å². The van der Waals surface area contributed by atoms with Crippen LogP contribution in [-0.2, 0) is 25.7 Å². The van der Waals surface area contributed by atoms with E-state index in [9.17, 15) is 19.2 Å². The quantitative estimate of drug-likeness (QED) is 0.421. The van der Waals surface area contributed by atoms with Gasteiger partial charge in [0.15, 0.2) is 0 Å². The smallest absolute Gasteiger partial charge is 0.250 e. The highest BCUT2D eigenvalue weighted by Gasteiger charge is 2.43. The van der Waals surface area contributed by atoms with Crippen molar-refractivity contribution >= 4 is 29.3 Å². The summed E-state index contributed by atoms with van der Waals surface area (Å²) in [6.07, 6.45) is 4.64. The molecule has 4 amide bonds. The summed E-state index contributed by atoms with van der Waals surface area (Å²) >= 11 is 0. The van der Waals surface area contributed by atoms with Crippen molar-refractivity contribution in [2.75, 3.05) is 12.4 Å². The molecule has 1 aromatic rings. The largest absolute Gasteiger partial charge is 0.350 e. The lowest BCUT2D eigenvalue weighted by atomic mass is 9.98. The summed E-state index contributed by atoms with van der Waals surface area (Å²) in [5, 5.41) is 11.5. The summed E-state index contributed by atoms with van der Waals surface area (Å²) in [6, 6.07) is 5.68. The lowest BCUT2D eigenvalue weighted by Crippen LogP contribution is -2.57. The van der Waals surface area contributed by atoms with E-state index in [1.807, 2.05) is 12.1 Å². The van der Waals surface area contributed by atoms with E-state index in [-0.39, 0.29) is 36.2 Å². The van der Waals surface area contributed by atoms with Crippen LogP contribution in [0.2, 0.25) is 0 Å². The summed E-state index contributed by atoms with van der Waals surface area (Å²) in [5.74, 6) is -0.855. The predicted octanol–water partition coefficient (Wildman–Crippen LogP) is 1.84. The van der Waals surface area contributed by atoms with Crippen molar-refractivity contribution in [1.29, 1.82) is 0 Å². The van der Waals surface area contributed by atoms with E-state index in [0.29, 0.717) is 24.1 Å². The van der Waals surface area contributed by atoms with E-state index in [1.165, 1.54) is 0 Å². The van der Waals surface area contributed by atoms with E-state index < -0.39 is 18.1 Å². The molecule has 0 radical (unpaired) electrons. The normalized spacial score (nSPS) is 22.9. The van der Waals surface area contributed by atoms with Gasteiger partial charge in [0, 0.05) is 23.8 Å². The number of likely N-dealkylation sites (N-methyl/N-ethyl adjacent to an activating group) is 1. The minimum absolute atomic E-state index is 0.0142. The van der Waals surface area contributed by atoms with Crippen molar-refractivity contribution in [3.05, 3.63) is 42.0 Å². The first-order valence-electron chi connectivity index (χ1n) is 12.3. The van der Waals surface area contributed by atoms with Crippen LogP contribution in [0.15, 0.2) is 36.4 Å². The Kier molecular flexibility index (Phi) is 9.03. The second-order valence-electron chi connectivity index (χ2n) is 9.50. The van der Waals surface area contributed by atoms with E-state index >= 15 is 0 Å². The minimum atomic E-state index is -0.622. The van der Waals surface area contributed by atoms with Gasteiger partial charge in [0.2, 0.25) is 17.7 Å². The number of anilines is 1. The number of nitrogens with zero attached hydrogens (tertiary/aromatic N) is 1. The van der Waals surface area contributed by atoms with Crippen LogP contribution in [0.25, 0.3) is 0 Å². The first kappa shape index (κ1) is 26.4. The summed E-state index contributed by atoms with van der Waals surface area (Å²) in [6.45, 7) is 7.29. The van der Waals surface area contributed by atoms with Crippen molar-refractivity contribution in [1.82, 2.24) is 20.9 Å². The zero-order chi connectivity index (χ0) is 25.5. The molecule has 0 aliphatic carbocycles. The Bertz CT molecular complexity index is 978. The molecule has 2 fully saturated rings. The molecular formula is C26H37N5O4. The van der Waals surface area contributed by atoms with Gasteiger partial charge < -0.3 is 26.2 Å². The van der Waals surface area contributed by atoms with Gasteiger partial charge in [-0.3, -0.25) is 19.2 Å². The fourth-order valence-electron chi connectivity index (χ4n) is 4.65. The molecule has 1 unspecified atom stereocenters. The van der Waals surface area contributed by atoms with E-state index in [0.717, 1.165) is 31.2 Å². The molecule has 2 saturated heterocycles. The van der Waals surface area contributed by atoms with Gasteiger partial charge in [-0.15, -0.1) is 0 Å². The molecule has 0 saturated carbocycles. The number of amides is 4. The standard InChI is InChI=1S/C26H37N5O4/c1-16(2)23(32)29-19-9-7-8-18(14-19)15-28-25(34)22-13-12-20-10-5-6-11-21(26(35)31(20)22)30-24(33)17(3)27-4/h7-9,14,17,20-22,27H,1,5-6,10-13,15H2,2-4H3,(H,28,34)(H,29,32)(H,30,33)/t17?,20-,21-,22-/m0/s1. The van der Waals surface area contributed by atoms with Gasteiger partial charge in [-0.05, 0) is 64.3 Å². The van der Waals surface area contributed by atoms with Gasteiger partial charge in [-0.25, -0.2) is 0 Å². The Balaban J connectivity index is 1.66. The SMILES string of the molecule is C=C(C)C(=O)Nc1cccc(CNC(=O)[C@@H]2CC[C@@H]3CCCC[C@H](NC(=O)C(C)NC)C(=O)N32)c1. The van der Waals surface area contributed by atoms with E-state index in [4.69, 9.17) is 0 Å². The fraction of sp³-hybridized carbons (Fsp3) is 0.538. The number of nitrogens with one attached hydrogen (secondary N) is 4. The topological polar surface area (TPSA) is 120 Å². The number of hydrogen-bond donors (Lipinski definition) is 4. The van der Waals surface area contributed by atoms with Gasteiger partial charge in [-0.1, -0.05) is 31.6 Å². The van der Waals surface area contributed by atoms with Crippen LogP contribution in [0.4, 0.5) is 5.69 Å². The maximum absolute atomic E-state index is 13.5. The summed E-state index contributed by atoms with van der Waals surface area (Å²) in [4.78, 5) is 52.7. The highest BCUT2D eigenvalue weighted by molar-refractivity contribution is 6.02. The van der Waals surface area contributed by atoms with Crippen molar-refractivity contribution in [3.63, 3.8) is 0 Å². The number of carbonyl (C=O) groups excluding carboxylic acids is 4. The van der Waals surface area contributed by atoms with Gasteiger partial charge in [-0.2, -0.15) is 0 Å². The first-order valence-corrected chi connectivity index (χ1v) is 12.3. The Hall–Kier alpha value is -3.20. The van der Waals surface area contributed by atoms with Crippen molar-refractivity contribution in [3.8, 4) is 0 Å². The van der Waals surface area contributed by atoms with Gasteiger partial charge in [0.1, 0.15) is 12.1 Å². The molecule has 3 rings (SSSR count). The highest BCUT2D eigenvalue weighted by atomic mass is 16.2. The zero-order valence-electron chi connectivity index (χ0n) is 20.9. The summed E-state index contributed by atoms with van der Waals surface area (Å²) in [7, 11) is 1.70. The molecule has 190 valence electrons. The molecule has 4 atom stereocenters. The monoisotopic (exact) mass is 483 g/mol. The molecule has 0 spiro atoms. The zero-order valence-corrected chi connectivity index (χ0v) is 20.9. The lowest BCUT2D eigenvalue weighted by Gasteiger charge is -2.35. The maximum Gasteiger partial charge on any atom is 0.250 e. The third kappa shape index (κ3) is 6.69. The molecule has 1 aromatic carbocycles.